The Labute approximate surface area is 157 Å². The van der Waals surface area contributed by atoms with Crippen molar-refractivity contribution in [2.75, 3.05) is 28.4 Å². The van der Waals surface area contributed by atoms with E-state index in [4.69, 9.17) is 18.9 Å². The molecule has 0 aliphatic rings. The van der Waals surface area contributed by atoms with Crippen LogP contribution in [0.4, 0.5) is 0 Å². The van der Waals surface area contributed by atoms with E-state index in [0.29, 0.717) is 11.8 Å². The summed E-state index contributed by atoms with van der Waals surface area (Å²) in [6, 6.07) is 12.3. The summed E-state index contributed by atoms with van der Waals surface area (Å²) in [6.07, 6.45) is 1.99. The maximum Gasteiger partial charge on any atom is 0.160 e. The van der Waals surface area contributed by atoms with Gasteiger partial charge in [-0.15, -0.1) is 0 Å². The van der Waals surface area contributed by atoms with E-state index in [2.05, 4.69) is 38.1 Å². The predicted molar refractivity (Wildman–Crippen MR) is 105 cm³/mol. The minimum atomic E-state index is 0.529. The predicted octanol–water partition coefficient (Wildman–Crippen LogP) is 4.78. The molecule has 2 atom stereocenters. The Hall–Kier alpha value is -2.36. The fourth-order valence-electron chi connectivity index (χ4n) is 3.16. The van der Waals surface area contributed by atoms with Crippen LogP contribution in [0.3, 0.4) is 0 Å². The number of methoxy groups -OCH3 is 4. The van der Waals surface area contributed by atoms with Gasteiger partial charge in [-0.2, -0.15) is 0 Å². The zero-order valence-electron chi connectivity index (χ0n) is 16.7. The Morgan fingerprint density at radius 2 is 0.923 bits per heavy atom. The lowest BCUT2D eigenvalue weighted by Gasteiger charge is -2.21. The molecule has 2 aromatic carbocycles. The lowest BCUT2D eigenvalue weighted by Crippen LogP contribution is -2.14. The van der Waals surface area contributed by atoms with Crippen LogP contribution < -0.4 is 18.9 Å². The van der Waals surface area contributed by atoms with Crippen LogP contribution in [0.5, 0.6) is 23.0 Å². The van der Waals surface area contributed by atoms with Gasteiger partial charge in [-0.3, -0.25) is 0 Å². The van der Waals surface area contributed by atoms with Gasteiger partial charge in [0, 0.05) is 0 Å². The summed E-state index contributed by atoms with van der Waals surface area (Å²) >= 11 is 0. The summed E-state index contributed by atoms with van der Waals surface area (Å²) in [5.74, 6) is 4.15. The van der Waals surface area contributed by atoms with Crippen molar-refractivity contribution in [2.45, 2.75) is 26.7 Å². The van der Waals surface area contributed by atoms with Crippen molar-refractivity contribution >= 4 is 0 Å². The fourth-order valence-corrected chi connectivity index (χ4v) is 3.16. The standard InChI is InChI=1S/C22H30O4/c1-15(11-17-7-9-19(23-3)21(13-17)25-5)16(2)12-18-8-10-20(24-4)22(14-18)26-6/h7-10,13-16H,11-12H2,1-6H3/t15-,16?/m0/s1. The topological polar surface area (TPSA) is 36.9 Å². The molecule has 2 aromatic rings. The van der Waals surface area contributed by atoms with Crippen molar-refractivity contribution in [3.8, 4) is 23.0 Å². The quantitative estimate of drug-likeness (QED) is 0.646. The molecule has 26 heavy (non-hydrogen) atoms. The molecule has 2 rings (SSSR count). The molecule has 0 aliphatic carbocycles. The van der Waals surface area contributed by atoms with Crippen LogP contribution >= 0.6 is 0 Å². The lowest BCUT2D eigenvalue weighted by molar-refractivity contribution is 0.350. The highest BCUT2D eigenvalue weighted by Gasteiger charge is 2.16. The van der Waals surface area contributed by atoms with Crippen LogP contribution in [0.1, 0.15) is 25.0 Å². The van der Waals surface area contributed by atoms with E-state index in [0.717, 1.165) is 35.8 Å². The van der Waals surface area contributed by atoms with E-state index in [1.165, 1.54) is 11.1 Å². The van der Waals surface area contributed by atoms with E-state index in [9.17, 15) is 0 Å². The van der Waals surface area contributed by atoms with Crippen molar-refractivity contribution < 1.29 is 18.9 Å². The van der Waals surface area contributed by atoms with Gasteiger partial charge in [-0.25, -0.2) is 0 Å². The smallest absolute Gasteiger partial charge is 0.160 e. The first-order valence-corrected chi connectivity index (χ1v) is 8.94. The van der Waals surface area contributed by atoms with Gasteiger partial charge in [0.1, 0.15) is 0 Å². The molecule has 0 saturated carbocycles. The Kier molecular flexibility index (Phi) is 7.19. The number of rotatable bonds is 9. The van der Waals surface area contributed by atoms with Gasteiger partial charge in [0.15, 0.2) is 23.0 Å². The molecule has 1 unspecified atom stereocenters. The van der Waals surface area contributed by atoms with Gasteiger partial charge in [-0.1, -0.05) is 26.0 Å². The first kappa shape index (κ1) is 20.0. The zero-order chi connectivity index (χ0) is 19.1. The Morgan fingerprint density at radius 1 is 0.577 bits per heavy atom. The minimum absolute atomic E-state index is 0.529. The highest BCUT2D eigenvalue weighted by Crippen LogP contribution is 2.32. The monoisotopic (exact) mass is 358 g/mol. The Bertz CT molecular complexity index is 650. The third-order valence-corrected chi connectivity index (χ3v) is 4.98. The molecule has 0 aliphatic heterocycles. The van der Waals surface area contributed by atoms with Crippen LogP contribution in [-0.4, -0.2) is 28.4 Å². The second-order valence-electron chi connectivity index (χ2n) is 6.74. The molecule has 0 heterocycles. The molecular formula is C22H30O4. The van der Waals surface area contributed by atoms with E-state index < -0.39 is 0 Å². The average Bonchev–Trinajstić information content (AvgIpc) is 2.67. The molecule has 0 amide bonds. The summed E-state index contributed by atoms with van der Waals surface area (Å²) in [6.45, 7) is 4.59. The van der Waals surface area contributed by atoms with Gasteiger partial charge in [0.05, 0.1) is 28.4 Å². The first-order chi connectivity index (χ1) is 12.5. The van der Waals surface area contributed by atoms with E-state index in [1.807, 2.05) is 12.1 Å². The Balaban J connectivity index is 2.04. The molecule has 0 radical (unpaired) electrons. The minimum Gasteiger partial charge on any atom is -0.493 e. The average molecular weight is 358 g/mol. The van der Waals surface area contributed by atoms with Crippen molar-refractivity contribution in [3.63, 3.8) is 0 Å². The second-order valence-corrected chi connectivity index (χ2v) is 6.74. The SMILES string of the molecule is COc1ccc(CC(C)[C@@H](C)Cc2ccc(OC)c(OC)c2)cc1OC. The number of benzene rings is 2. The highest BCUT2D eigenvalue weighted by molar-refractivity contribution is 5.44. The van der Waals surface area contributed by atoms with Crippen LogP contribution in [0, 0.1) is 11.8 Å². The van der Waals surface area contributed by atoms with Crippen LogP contribution in [0.2, 0.25) is 0 Å². The molecule has 0 aromatic heterocycles. The van der Waals surface area contributed by atoms with Gasteiger partial charge < -0.3 is 18.9 Å². The molecule has 0 saturated heterocycles. The maximum atomic E-state index is 5.41. The first-order valence-electron chi connectivity index (χ1n) is 8.94. The van der Waals surface area contributed by atoms with Crippen molar-refractivity contribution in [1.82, 2.24) is 0 Å². The third-order valence-electron chi connectivity index (χ3n) is 4.98. The summed E-state index contributed by atoms with van der Waals surface area (Å²) in [5, 5.41) is 0. The fraction of sp³-hybridized carbons (Fsp3) is 0.455. The molecule has 0 spiro atoms. The highest BCUT2D eigenvalue weighted by atomic mass is 16.5. The van der Waals surface area contributed by atoms with E-state index in [1.54, 1.807) is 28.4 Å². The summed E-state index contributed by atoms with van der Waals surface area (Å²) in [4.78, 5) is 0. The molecule has 0 N–H and O–H groups in total. The normalized spacial score (nSPS) is 13.0. The number of hydrogen-bond acceptors (Lipinski definition) is 4. The molecule has 4 nitrogen and oxygen atoms in total. The molecule has 4 heteroatoms. The van der Waals surface area contributed by atoms with Crippen molar-refractivity contribution in [3.05, 3.63) is 47.5 Å². The van der Waals surface area contributed by atoms with Crippen molar-refractivity contribution in [1.29, 1.82) is 0 Å². The van der Waals surface area contributed by atoms with E-state index >= 15 is 0 Å². The number of hydrogen-bond donors (Lipinski definition) is 0. The zero-order valence-corrected chi connectivity index (χ0v) is 16.7. The molecule has 0 fully saturated rings. The molecule has 0 bridgehead atoms. The van der Waals surface area contributed by atoms with Gasteiger partial charge >= 0.3 is 0 Å². The van der Waals surface area contributed by atoms with E-state index in [-0.39, 0.29) is 0 Å². The van der Waals surface area contributed by atoms with Gasteiger partial charge in [0.25, 0.3) is 0 Å². The Morgan fingerprint density at radius 3 is 1.23 bits per heavy atom. The van der Waals surface area contributed by atoms with Gasteiger partial charge in [-0.05, 0) is 60.1 Å². The molecular weight excluding hydrogens is 328 g/mol. The van der Waals surface area contributed by atoms with Crippen LogP contribution in [-0.2, 0) is 12.8 Å². The van der Waals surface area contributed by atoms with Gasteiger partial charge in [0.2, 0.25) is 0 Å². The van der Waals surface area contributed by atoms with Crippen LogP contribution in [0.25, 0.3) is 0 Å². The molecule has 142 valence electrons. The third kappa shape index (κ3) is 4.84. The maximum absolute atomic E-state index is 5.41. The van der Waals surface area contributed by atoms with Crippen molar-refractivity contribution in [2.24, 2.45) is 11.8 Å². The number of ether oxygens (including phenoxy) is 4. The largest absolute Gasteiger partial charge is 0.493 e. The summed E-state index contributed by atoms with van der Waals surface area (Å²) in [5.41, 5.74) is 2.52. The second kappa shape index (κ2) is 9.37. The lowest BCUT2D eigenvalue weighted by atomic mass is 9.85. The summed E-state index contributed by atoms with van der Waals surface area (Å²) in [7, 11) is 6.66. The van der Waals surface area contributed by atoms with Crippen LogP contribution in [0.15, 0.2) is 36.4 Å². The summed E-state index contributed by atoms with van der Waals surface area (Å²) < 4.78 is 21.5.